The van der Waals surface area contributed by atoms with E-state index in [2.05, 4.69) is 5.32 Å². The molecule has 0 aliphatic heterocycles. The zero-order chi connectivity index (χ0) is 13.9. The van der Waals surface area contributed by atoms with E-state index in [0.717, 1.165) is 11.1 Å². The molecule has 1 aromatic carbocycles. The van der Waals surface area contributed by atoms with Crippen LogP contribution in [0.4, 0.5) is 5.69 Å². The predicted octanol–water partition coefficient (Wildman–Crippen LogP) is 1.97. The minimum absolute atomic E-state index is 0.545. The predicted molar refractivity (Wildman–Crippen MR) is 67.9 cm³/mol. The van der Waals surface area contributed by atoms with Crippen molar-refractivity contribution < 1.29 is 19.4 Å². The largest absolute Gasteiger partial charge is 0.496 e. The van der Waals surface area contributed by atoms with Crippen LogP contribution < -0.4 is 10.1 Å². The van der Waals surface area contributed by atoms with Gasteiger partial charge in [0, 0.05) is 11.3 Å². The highest BCUT2D eigenvalue weighted by atomic mass is 16.5. The summed E-state index contributed by atoms with van der Waals surface area (Å²) in [5.74, 6) is -2.09. The minimum atomic E-state index is -1.15. The van der Waals surface area contributed by atoms with Crippen molar-refractivity contribution in [3.63, 3.8) is 0 Å². The number of aliphatic carboxylic acids is 1. The SMILES string of the molecule is COc1c(C)ccc(NC(=O)C(C)C(=O)O)c1C. The van der Waals surface area contributed by atoms with Gasteiger partial charge in [0.25, 0.3) is 0 Å². The molecule has 0 spiro atoms. The molecule has 0 saturated heterocycles. The molecule has 0 fully saturated rings. The van der Waals surface area contributed by atoms with Crippen molar-refractivity contribution in [1.29, 1.82) is 0 Å². The standard InChI is InChI=1S/C13H17NO4/c1-7-5-6-10(8(2)11(7)18-4)14-12(15)9(3)13(16)17/h5-6,9H,1-4H3,(H,14,15)(H,16,17). The molecule has 0 saturated carbocycles. The maximum atomic E-state index is 11.7. The summed E-state index contributed by atoms with van der Waals surface area (Å²) in [4.78, 5) is 22.4. The van der Waals surface area contributed by atoms with Crippen LogP contribution in [0.2, 0.25) is 0 Å². The Kier molecular flexibility index (Phi) is 4.31. The van der Waals surface area contributed by atoms with Gasteiger partial charge < -0.3 is 15.2 Å². The molecule has 0 aliphatic rings. The van der Waals surface area contributed by atoms with E-state index in [-0.39, 0.29) is 0 Å². The fourth-order valence-corrected chi connectivity index (χ4v) is 1.63. The van der Waals surface area contributed by atoms with Crippen LogP contribution in [0.5, 0.6) is 5.75 Å². The van der Waals surface area contributed by atoms with E-state index in [4.69, 9.17) is 9.84 Å². The van der Waals surface area contributed by atoms with Gasteiger partial charge in [-0.3, -0.25) is 9.59 Å². The quantitative estimate of drug-likeness (QED) is 0.802. The molecule has 1 amide bonds. The fraction of sp³-hybridized carbons (Fsp3) is 0.385. The van der Waals surface area contributed by atoms with E-state index in [1.54, 1.807) is 13.2 Å². The topological polar surface area (TPSA) is 75.6 Å². The van der Waals surface area contributed by atoms with Crippen molar-refractivity contribution in [2.24, 2.45) is 5.92 Å². The van der Waals surface area contributed by atoms with Gasteiger partial charge in [0.05, 0.1) is 7.11 Å². The van der Waals surface area contributed by atoms with Crippen LogP contribution in [-0.4, -0.2) is 24.1 Å². The first-order valence-electron chi connectivity index (χ1n) is 5.56. The normalized spacial score (nSPS) is 11.8. The first-order chi connectivity index (χ1) is 8.38. The summed E-state index contributed by atoms with van der Waals surface area (Å²) in [6, 6.07) is 3.55. The Hall–Kier alpha value is -2.04. The molecule has 18 heavy (non-hydrogen) atoms. The molecule has 1 aromatic rings. The van der Waals surface area contributed by atoms with Crippen molar-refractivity contribution in [1.82, 2.24) is 0 Å². The van der Waals surface area contributed by atoms with Gasteiger partial charge in [-0.15, -0.1) is 0 Å². The van der Waals surface area contributed by atoms with Crippen LogP contribution in [0, 0.1) is 19.8 Å². The third-order valence-corrected chi connectivity index (χ3v) is 2.83. The number of rotatable bonds is 4. The molecule has 0 aliphatic carbocycles. The third-order valence-electron chi connectivity index (χ3n) is 2.83. The van der Waals surface area contributed by atoms with E-state index in [1.165, 1.54) is 6.92 Å². The van der Waals surface area contributed by atoms with Crippen molar-refractivity contribution >= 4 is 17.6 Å². The van der Waals surface area contributed by atoms with E-state index >= 15 is 0 Å². The summed E-state index contributed by atoms with van der Waals surface area (Å²) in [5, 5.41) is 11.4. The second kappa shape index (κ2) is 5.53. The van der Waals surface area contributed by atoms with Crippen LogP contribution >= 0.6 is 0 Å². The van der Waals surface area contributed by atoms with Gasteiger partial charge in [0.1, 0.15) is 11.7 Å². The lowest BCUT2D eigenvalue weighted by Crippen LogP contribution is -2.27. The van der Waals surface area contributed by atoms with Crippen molar-refractivity contribution in [2.45, 2.75) is 20.8 Å². The van der Waals surface area contributed by atoms with Crippen LogP contribution in [0.1, 0.15) is 18.1 Å². The molecule has 1 unspecified atom stereocenters. The Morgan fingerprint density at radius 3 is 2.44 bits per heavy atom. The number of methoxy groups -OCH3 is 1. The lowest BCUT2D eigenvalue weighted by atomic mass is 10.1. The summed E-state index contributed by atoms with van der Waals surface area (Å²) in [7, 11) is 1.56. The molecule has 0 heterocycles. The first-order valence-corrected chi connectivity index (χ1v) is 5.56. The number of nitrogens with one attached hydrogen (secondary N) is 1. The van der Waals surface area contributed by atoms with Crippen LogP contribution in [0.25, 0.3) is 0 Å². The maximum Gasteiger partial charge on any atom is 0.315 e. The third kappa shape index (κ3) is 2.80. The number of amides is 1. The molecule has 0 radical (unpaired) electrons. The van der Waals surface area contributed by atoms with Gasteiger partial charge in [-0.05, 0) is 32.4 Å². The second-order valence-electron chi connectivity index (χ2n) is 4.14. The van der Waals surface area contributed by atoms with Gasteiger partial charge in [-0.1, -0.05) is 6.07 Å². The summed E-state index contributed by atoms with van der Waals surface area (Å²) >= 11 is 0. The highest BCUT2D eigenvalue weighted by molar-refractivity contribution is 6.04. The number of carbonyl (C=O) groups excluding carboxylic acids is 1. The smallest absolute Gasteiger partial charge is 0.315 e. The van der Waals surface area contributed by atoms with E-state index in [1.807, 2.05) is 19.9 Å². The minimum Gasteiger partial charge on any atom is -0.496 e. The Bertz CT molecular complexity index is 482. The maximum absolute atomic E-state index is 11.7. The second-order valence-corrected chi connectivity index (χ2v) is 4.14. The Morgan fingerprint density at radius 2 is 1.94 bits per heavy atom. The van der Waals surface area contributed by atoms with Crippen LogP contribution in [0.3, 0.4) is 0 Å². The molecule has 1 atom stereocenters. The Balaban J connectivity index is 2.99. The van der Waals surface area contributed by atoms with Gasteiger partial charge >= 0.3 is 5.97 Å². The average molecular weight is 251 g/mol. The number of anilines is 1. The number of hydrogen-bond donors (Lipinski definition) is 2. The van der Waals surface area contributed by atoms with Crippen molar-refractivity contribution in [3.8, 4) is 5.75 Å². The van der Waals surface area contributed by atoms with E-state index in [9.17, 15) is 9.59 Å². The Morgan fingerprint density at radius 1 is 1.33 bits per heavy atom. The van der Waals surface area contributed by atoms with Gasteiger partial charge in [0.15, 0.2) is 0 Å². The molecule has 0 aromatic heterocycles. The first kappa shape index (κ1) is 14.0. The van der Waals surface area contributed by atoms with Gasteiger partial charge in [-0.25, -0.2) is 0 Å². The summed E-state index contributed by atoms with van der Waals surface area (Å²) in [6.07, 6.45) is 0. The van der Waals surface area contributed by atoms with E-state index in [0.29, 0.717) is 11.4 Å². The molecule has 1 rings (SSSR count). The highest BCUT2D eigenvalue weighted by Crippen LogP contribution is 2.29. The zero-order valence-corrected chi connectivity index (χ0v) is 10.9. The number of ether oxygens (including phenoxy) is 1. The Labute approximate surface area is 106 Å². The number of hydrogen-bond acceptors (Lipinski definition) is 3. The average Bonchev–Trinajstić information content (AvgIpc) is 2.32. The number of carbonyl (C=O) groups is 2. The van der Waals surface area contributed by atoms with Crippen LogP contribution in [-0.2, 0) is 9.59 Å². The lowest BCUT2D eigenvalue weighted by molar-refractivity contribution is -0.144. The van der Waals surface area contributed by atoms with Crippen molar-refractivity contribution in [3.05, 3.63) is 23.3 Å². The van der Waals surface area contributed by atoms with Gasteiger partial charge in [-0.2, -0.15) is 0 Å². The van der Waals surface area contributed by atoms with Crippen LogP contribution in [0.15, 0.2) is 12.1 Å². The number of carboxylic acids is 1. The molecule has 5 nitrogen and oxygen atoms in total. The van der Waals surface area contributed by atoms with Crippen molar-refractivity contribution in [2.75, 3.05) is 12.4 Å². The fourth-order valence-electron chi connectivity index (χ4n) is 1.63. The molecule has 98 valence electrons. The zero-order valence-electron chi connectivity index (χ0n) is 10.9. The summed E-state index contributed by atoms with van der Waals surface area (Å²) in [5.41, 5.74) is 2.30. The number of benzene rings is 1. The molecule has 0 bridgehead atoms. The lowest BCUT2D eigenvalue weighted by Gasteiger charge is -2.15. The summed E-state index contributed by atoms with van der Waals surface area (Å²) < 4.78 is 5.24. The molecular weight excluding hydrogens is 234 g/mol. The highest BCUT2D eigenvalue weighted by Gasteiger charge is 2.21. The summed E-state index contributed by atoms with van der Waals surface area (Å²) in [6.45, 7) is 5.06. The molecular formula is C13H17NO4. The molecule has 2 N–H and O–H groups in total. The monoisotopic (exact) mass is 251 g/mol. The number of carboxylic acid groups (broad SMARTS) is 1. The van der Waals surface area contributed by atoms with Gasteiger partial charge in [0.2, 0.25) is 5.91 Å². The molecule has 5 heteroatoms. The number of aryl methyl sites for hydroxylation is 1. The van der Waals surface area contributed by atoms with E-state index < -0.39 is 17.8 Å².